The molecule has 1 aliphatic rings. The van der Waals surface area contributed by atoms with Gasteiger partial charge in [0.15, 0.2) is 0 Å². The molecule has 0 aliphatic carbocycles. The van der Waals surface area contributed by atoms with Gasteiger partial charge >= 0.3 is 0 Å². The number of imidazole rings is 1. The average Bonchev–Trinajstić information content (AvgIpc) is 3.07. The lowest BCUT2D eigenvalue weighted by Gasteiger charge is -2.26. The summed E-state index contributed by atoms with van der Waals surface area (Å²) in [6.07, 6.45) is 2.44. The van der Waals surface area contributed by atoms with Crippen molar-refractivity contribution in [3.05, 3.63) is 30.1 Å². The van der Waals surface area contributed by atoms with E-state index in [4.69, 9.17) is 0 Å². The van der Waals surface area contributed by atoms with Crippen LogP contribution in [-0.2, 0) is 6.54 Å². The van der Waals surface area contributed by atoms with Gasteiger partial charge in [-0.25, -0.2) is 4.98 Å². The standard InChI is InChI=1S/C15H22N4/c1-2-9-19(12-7-8-16-10-12)11-15-17-13-5-3-4-6-14(13)18-15/h3-6,12,16H,2,7-11H2,1H3,(H,17,18). The quantitative estimate of drug-likeness (QED) is 0.863. The number of nitrogens with one attached hydrogen (secondary N) is 2. The molecule has 1 aromatic heterocycles. The van der Waals surface area contributed by atoms with E-state index < -0.39 is 0 Å². The van der Waals surface area contributed by atoms with Gasteiger partial charge in [0.2, 0.25) is 0 Å². The van der Waals surface area contributed by atoms with Crippen molar-refractivity contribution in [3.63, 3.8) is 0 Å². The van der Waals surface area contributed by atoms with Gasteiger partial charge in [0, 0.05) is 12.6 Å². The first kappa shape index (κ1) is 12.6. The van der Waals surface area contributed by atoms with Crippen LogP contribution in [0.1, 0.15) is 25.6 Å². The van der Waals surface area contributed by atoms with E-state index >= 15 is 0 Å². The minimum Gasteiger partial charge on any atom is -0.341 e. The zero-order chi connectivity index (χ0) is 13.1. The Bertz CT molecular complexity index is 495. The van der Waals surface area contributed by atoms with Gasteiger partial charge in [0.05, 0.1) is 17.6 Å². The second-order valence-corrected chi connectivity index (χ2v) is 5.32. The number of para-hydroxylation sites is 2. The molecule has 0 amide bonds. The summed E-state index contributed by atoms with van der Waals surface area (Å²) in [6, 6.07) is 8.91. The summed E-state index contributed by atoms with van der Waals surface area (Å²) in [4.78, 5) is 10.7. The van der Waals surface area contributed by atoms with Crippen molar-refractivity contribution in [2.75, 3.05) is 19.6 Å². The fourth-order valence-corrected chi connectivity index (χ4v) is 2.90. The van der Waals surface area contributed by atoms with Crippen LogP contribution in [0.4, 0.5) is 0 Å². The van der Waals surface area contributed by atoms with Gasteiger partial charge in [-0.1, -0.05) is 19.1 Å². The van der Waals surface area contributed by atoms with Crippen molar-refractivity contribution < 1.29 is 0 Å². The van der Waals surface area contributed by atoms with Gasteiger partial charge in [-0.3, -0.25) is 4.90 Å². The monoisotopic (exact) mass is 258 g/mol. The van der Waals surface area contributed by atoms with E-state index in [9.17, 15) is 0 Å². The number of hydrogen-bond donors (Lipinski definition) is 2. The number of H-pyrrole nitrogens is 1. The Morgan fingerprint density at radius 1 is 1.37 bits per heavy atom. The number of rotatable bonds is 5. The van der Waals surface area contributed by atoms with Gasteiger partial charge in [0.1, 0.15) is 5.82 Å². The Balaban J connectivity index is 1.76. The summed E-state index contributed by atoms with van der Waals surface area (Å²) in [5, 5.41) is 3.45. The van der Waals surface area contributed by atoms with Crippen molar-refractivity contribution in [3.8, 4) is 0 Å². The van der Waals surface area contributed by atoms with E-state index in [0.717, 1.165) is 43.0 Å². The summed E-state index contributed by atoms with van der Waals surface area (Å²) in [5.41, 5.74) is 2.21. The maximum Gasteiger partial charge on any atom is 0.121 e. The predicted molar refractivity (Wildman–Crippen MR) is 78.1 cm³/mol. The molecule has 4 nitrogen and oxygen atoms in total. The van der Waals surface area contributed by atoms with Crippen LogP contribution in [0, 0.1) is 0 Å². The molecule has 0 bridgehead atoms. The highest BCUT2D eigenvalue weighted by Gasteiger charge is 2.22. The Morgan fingerprint density at radius 3 is 3.00 bits per heavy atom. The summed E-state index contributed by atoms with van der Waals surface area (Å²) in [6.45, 7) is 6.57. The highest BCUT2D eigenvalue weighted by atomic mass is 15.2. The van der Waals surface area contributed by atoms with E-state index in [1.165, 1.54) is 12.8 Å². The van der Waals surface area contributed by atoms with Crippen LogP contribution in [0.25, 0.3) is 11.0 Å². The van der Waals surface area contributed by atoms with Crippen molar-refractivity contribution in [1.29, 1.82) is 0 Å². The van der Waals surface area contributed by atoms with Crippen molar-refractivity contribution in [2.45, 2.75) is 32.4 Å². The van der Waals surface area contributed by atoms with Crippen molar-refractivity contribution in [1.82, 2.24) is 20.2 Å². The Hall–Kier alpha value is -1.39. The molecule has 1 aromatic carbocycles. The van der Waals surface area contributed by atoms with Gasteiger partial charge in [0.25, 0.3) is 0 Å². The first-order chi connectivity index (χ1) is 9.36. The largest absolute Gasteiger partial charge is 0.341 e. The van der Waals surface area contributed by atoms with Gasteiger partial charge in [-0.15, -0.1) is 0 Å². The number of aromatic amines is 1. The Morgan fingerprint density at radius 2 is 2.26 bits per heavy atom. The molecule has 1 aliphatic heterocycles. The molecule has 3 rings (SSSR count). The van der Waals surface area contributed by atoms with Crippen molar-refractivity contribution >= 4 is 11.0 Å². The molecule has 2 aromatic rings. The number of benzene rings is 1. The topological polar surface area (TPSA) is 44.0 Å². The highest BCUT2D eigenvalue weighted by molar-refractivity contribution is 5.74. The second kappa shape index (κ2) is 5.72. The van der Waals surface area contributed by atoms with Crippen molar-refractivity contribution in [2.24, 2.45) is 0 Å². The zero-order valence-electron chi connectivity index (χ0n) is 11.5. The molecule has 1 saturated heterocycles. The van der Waals surface area contributed by atoms with Crippen LogP contribution in [-0.4, -0.2) is 40.5 Å². The molecule has 4 heteroatoms. The molecule has 1 unspecified atom stereocenters. The van der Waals surface area contributed by atoms with E-state index in [1.807, 2.05) is 6.07 Å². The summed E-state index contributed by atoms with van der Waals surface area (Å²) in [7, 11) is 0. The lowest BCUT2D eigenvalue weighted by Crippen LogP contribution is -2.37. The summed E-state index contributed by atoms with van der Waals surface area (Å²) >= 11 is 0. The normalized spacial score (nSPS) is 19.6. The third kappa shape index (κ3) is 2.80. The van der Waals surface area contributed by atoms with Crippen LogP contribution in [0.15, 0.2) is 24.3 Å². The molecular weight excluding hydrogens is 236 g/mol. The van der Waals surface area contributed by atoms with Crippen LogP contribution in [0.3, 0.4) is 0 Å². The maximum atomic E-state index is 4.69. The first-order valence-electron chi connectivity index (χ1n) is 7.25. The van der Waals surface area contributed by atoms with Gasteiger partial charge in [-0.05, 0) is 38.1 Å². The highest BCUT2D eigenvalue weighted by Crippen LogP contribution is 2.15. The number of aromatic nitrogens is 2. The number of nitrogens with zero attached hydrogens (tertiary/aromatic N) is 2. The molecule has 1 atom stereocenters. The van der Waals surface area contributed by atoms with E-state index in [2.05, 4.69) is 45.3 Å². The maximum absolute atomic E-state index is 4.69. The average molecular weight is 258 g/mol. The fraction of sp³-hybridized carbons (Fsp3) is 0.533. The molecule has 0 saturated carbocycles. The van der Waals surface area contributed by atoms with E-state index in [-0.39, 0.29) is 0 Å². The third-order valence-corrected chi connectivity index (χ3v) is 3.85. The summed E-state index contributed by atoms with van der Waals surface area (Å²) in [5.74, 6) is 1.08. The van der Waals surface area contributed by atoms with Gasteiger partial charge < -0.3 is 10.3 Å². The van der Waals surface area contributed by atoms with Crippen LogP contribution < -0.4 is 5.32 Å². The molecule has 102 valence electrons. The lowest BCUT2D eigenvalue weighted by molar-refractivity contribution is 0.195. The summed E-state index contributed by atoms with van der Waals surface area (Å²) < 4.78 is 0. The Kier molecular flexibility index (Phi) is 3.80. The molecule has 0 spiro atoms. The first-order valence-corrected chi connectivity index (χ1v) is 7.25. The molecule has 1 fully saturated rings. The minimum atomic E-state index is 0.660. The molecule has 0 radical (unpaired) electrons. The van der Waals surface area contributed by atoms with Crippen LogP contribution >= 0.6 is 0 Å². The zero-order valence-corrected chi connectivity index (χ0v) is 11.5. The molecule has 19 heavy (non-hydrogen) atoms. The third-order valence-electron chi connectivity index (χ3n) is 3.85. The second-order valence-electron chi connectivity index (χ2n) is 5.32. The minimum absolute atomic E-state index is 0.660. The molecule has 2 N–H and O–H groups in total. The molecule has 2 heterocycles. The Labute approximate surface area is 114 Å². The van der Waals surface area contributed by atoms with Crippen LogP contribution in [0.5, 0.6) is 0 Å². The molecular formula is C15H22N4. The van der Waals surface area contributed by atoms with Gasteiger partial charge in [-0.2, -0.15) is 0 Å². The predicted octanol–water partition coefficient (Wildman–Crippen LogP) is 2.14. The SMILES string of the molecule is CCCN(Cc1nc2ccccc2[nH]1)C1CCNC1. The smallest absolute Gasteiger partial charge is 0.121 e. The van der Waals surface area contributed by atoms with E-state index in [1.54, 1.807) is 0 Å². The van der Waals surface area contributed by atoms with E-state index in [0.29, 0.717) is 6.04 Å². The number of hydrogen-bond acceptors (Lipinski definition) is 3. The fourth-order valence-electron chi connectivity index (χ4n) is 2.90. The number of fused-ring (bicyclic) bond motifs is 1. The van der Waals surface area contributed by atoms with Crippen LogP contribution in [0.2, 0.25) is 0 Å². The lowest BCUT2D eigenvalue weighted by atomic mass is 10.2.